The Morgan fingerprint density at radius 1 is 1.55 bits per heavy atom. The minimum Gasteiger partial charge on any atom is -0.376 e. The Kier molecular flexibility index (Phi) is 5.14. The van der Waals surface area contributed by atoms with Crippen molar-refractivity contribution >= 4 is 23.1 Å². The number of amides is 2. The van der Waals surface area contributed by atoms with Crippen molar-refractivity contribution in [1.82, 2.24) is 10.7 Å². The van der Waals surface area contributed by atoms with Crippen LogP contribution in [0.25, 0.3) is 0 Å². The summed E-state index contributed by atoms with van der Waals surface area (Å²) in [6.07, 6.45) is 2.23. The van der Waals surface area contributed by atoms with Crippen LogP contribution in [0, 0.1) is 13.8 Å². The zero-order valence-corrected chi connectivity index (χ0v) is 13.0. The molecule has 20 heavy (non-hydrogen) atoms. The van der Waals surface area contributed by atoms with E-state index in [9.17, 15) is 4.79 Å². The van der Waals surface area contributed by atoms with Crippen molar-refractivity contribution in [3.05, 3.63) is 21.4 Å². The third kappa shape index (κ3) is 4.05. The lowest BCUT2D eigenvalue weighted by atomic mass is 10.2. The smallest absolute Gasteiger partial charge is 0.335 e. The van der Waals surface area contributed by atoms with Gasteiger partial charge in [-0.1, -0.05) is 0 Å². The summed E-state index contributed by atoms with van der Waals surface area (Å²) in [5, 5.41) is 6.91. The second kappa shape index (κ2) is 6.85. The first-order valence-electron chi connectivity index (χ1n) is 6.83. The minimum atomic E-state index is -0.288. The van der Waals surface area contributed by atoms with Crippen LogP contribution in [0.2, 0.25) is 0 Å². The van der Waals surface area contributed by atoms with E-state index in [2.05, 4.69) is 35.8 Å². The normalized spacial score (nSPS) is 19.1. The van der Waals surface area contributed by atoms with Gasteiger partial charge in [0.05, 0.1) is 11.8 Å². The second-order valence-electron chi connectivity index (χ2n) is 4.98. The number of carbonyl (C=O) groups excluding carboxylic acids is 1. The van der Waals surface area contributed by atoms with Gasteiger partial charge in [-0.25, -0.2) is 10.2 Å². The highest BCUT2D eigenvalue weighted by Gasteiger charge is 2.15. The van der Waals surface area contributed by atoms with Gasteiger partial charge in [0.25, 0.3) is 0 Å². The fraction of sp³-hybridized carbons (Fsp3) is 0.571. The number of thiophene rings is 1. The third-order valence-electron chi connectivity index (χ3n) is 3.27. The molecule has 1 aliphatic heterocycles. The van der Waals surface area contributed by atoms with Crippen LogP contribution in [0.3, 0.4) is 0 Å². The summed E-state index contributed by atoms with van der Waals surface area (Å²) in [5.41, 5.74) is 4.44. The fourth-order valence-corrected chi connectivity index (χ4v) is 3.21. The Balaban J connectivity index is 1.81. The molecule has 2 heterocycles. The first-order valence-corrected chi connectivity index (χ1v) is 7.65. The predicted octanol–water partition coefficient (Wildman–Crippen LogP) is 2.57. The summed E-state index contributed by atoms with van der Waals surface area (Å²) in [6.45, 7) is 7.35. The average Bonchev–Trinajstić information content (AvgIpc) is 3.03. The van der Waals surface area contributed by atoms with Crippen LogP contribution in [0.4, 0.5) is 4.79 Å². The van der Waals surface area contributed by atoms with Gasteiger partial charge in [-0.2, -0.15) is 5.10 Å². The van der Waals surface area contributed by atoms with Crippen LogP contribution in [0.5, 0.6) is 0 Å². The SMILES string of the molecule is C/C(=N\NC(=O)NCC1CCCO1)c1cc(C)sc1C. The summed E-state index contributed by atoms with van der Waals surface area (Å²) in [4.78, 5) is 14.1. The number of nitrogens with zero attached hydrogens (tertiary/aromatic N) is 1. The quantitative estimate of drug-likeness (QED) is 0.662. The molecular weight excluding hydrogens is 274 g/mol. The molecule has 1 aromatic heterocycles. The summed E-state index contributed by atoms with van der Waals surface area (Å²) in [5.74, 6) is 0. The molecule has 1 aliphatic rings. The Morgan fingerprint density at radius 2 is 2.35 bits per heavy atom. The molecule has 1 unspecified atom stereocenters. The maximum atomic E-state index is 11.6. The van der Waals surface area contributed by atoms with Crippen molar-refractivity contribution in [2.45, 2.75) is 39.7 Å². The van der Waals surface area contributed by atoms with E-state index in [0.717, 1.165) is 30.7 Å². The number of carbonyl (C=O) groups is 1. The number of rotatable bonds is 4. The fourth-order valence-electron chi connectivity index (χ4n) is 2.24. The first kappa shape index (κ1) is 15.0. The summed E-state index contributed by atoms with van der Waals surface area (Å²) in [7, 11) is 0. The van der Waals surface area contributed by atoms with Crippen LogP contribution >= 0.6 is 11.3 Å². The van der Waals surface area contributed by atoms with Gasteiger partial charge in [0.15, 0.2) is 0 Å². The van der Waals surface area contributed by atoms with Gasteiger partial charge in [0.2, 0.25) is 0 Å². The molecule has 0 aromatic carbocycles. The molecule has 0 saturated carbocycles. The molecule has 2 N–H and O–H groups in total. The number of hydrogen-bond acceptors (Lipinski definition) is 4. The van der Waals surface area contributed by atoms with E-state index in [1.54, 1.807) is 11.3 Å². The van der Waals surface area contributed by atoms with Crippen LogP contribution in [-0.2, 0) is 4.74 Å². The number of nitrogens with one attached hydrogen (secondary N) is 2. The molecule has 1 fully saturated rings. The molecular formula is C14H21N3O2S. The molecule has 6 heteroatoms. The molecule has 1 aromatic rings. The van der Waals surface area contributed by atoms with Crippen LogP contribution in [0.15, 0.2) is 11.2 Å². The van der Waals surface area contributed by atoms with Gasteiger partial charge >= 0.3 is 6.03 Å². The number of hydrazone groups is 1. The standard InChI is InChI=1S/C14H21N3O2S/c1-9-7-13(11(3)20-9)10(2)16-17-14(18)15-8-12-5-4-6-19-12/h7,12H,4-6,8H2,1-3H3,(H2,15,17,18)/b16-10+. The van der Waals surface area contributed by atoms with E-state index in [-0.39, 0.29) is 12.1 Å². The Bertz CT molecular complexity index is 505. The van der Waals surface area contributed by atoms with Gasteiger partial charge in [0, 0.05) is 28.5 Å². The van der Waals surface area contributed by atoms with E-state index in [1.807, 2.05) is 6.92 Å². The molecule has 2 amide bonds. The highest BCUT2D eigenvalue weighted by atomic mass is 32.1. The van der Waals surface area contributed by atoms with Crippen molar-refractivity contribution < 1.29 is 9.53 Å². The molecule has 2 rings (SSSR count). The molecule has 1 saturated heterocycles. The molecule has 5 nitrogen and oxygen atoms in total. The Labute approximate surface area is 123 Å². The van der Waals surface area contributed by atoms with Crippen LogP contribution in [-0.4, -0.2) is 31.0 Å². The summed E-state index contributed by atoms with van der Waals surface area (Å²) >= 11 is 1.73. The van der Waals surface area contributed by atoms with E-state index in [0.29, 0.717) is 6.54 Å². The maximum Gasteiger partial charge on any atom is 0.335 e. The van der Waals surface area contributed by atoms with E-state index < -0.39 is 0 Å². The molecule has 0 bridgehead atoms. The van der Waals surface area contributed by atoms with Crippen LogP contribution in [0.1, 0.15) is 35.1 Å². The van der Waals surface area contributed by atoms with Gasteiger partial charge < -0.3 is 10.1 Å². The molecule has 0 radical (unpaired) electrons. The summed E-state index contributed by atoms with van der Waals surface area (Å²) < 4.78 is 5.44. The van der Waals surface area contributed by atoms with E-state index in [4.69, 9.17) is 4.74 Å². The van der Waals surface area contributed by atoms with Crippen LogP contribution < -0.4 is 10.7 Å². The first-order chi connectivity index (χ1) is 9.56. The van der Waals surface area contributed by atoms with Crippen molar-refractivity contribution in [3.63, 3.8) is 0 Å². The zero-order chi connectivity index (χ0) is 14.5. The topological polar surface area (TPSA) is 62.7 Å². The molecule has 0 aliphatic carbocycles. The van der Waals surface area contributed by atoms with Crippen molar-refractivity contribution in [2.24, 2.45) is 5.10 Å². The lowest BCUT2D eigenvalue weighted by Gasteiger charge is -2.10. The van der Waals surface area contributed by atoms with Gasteiger partial charge in [-0.3, -0.25) is 0 Å². The van der Waals surface area contributed by atoms with Gasteiger partial charge in [0.1, 0.15) is 0 Å². The second-order valence-corrected chi connectivity index (χ2v) is 6.44. The molecule has 1 atom stereocenters. The monoisotopic (exact) mass is 295 g/mol. The number of aryl methyl sites for hydroxylation is 2. The lowest BCUT2D eigenvalue weighted by molar-refractivity contribution is 0.111. The third-order valence-corrected chi connectivity index (χ3v) is 4.24. The number of ether oxygens (including phenoxy) is 1. The van der Waals surface area contributed by atoms with Crippen molar-refractivity contribution in [2.75, 3.05) is 13.2 Å². The summed E-state index contributed by atoms with van der Waals surface area (Å²) in [6, 6.07) is 1.80. The largest absolute Gasteiger partial charge is 0.376 e. The highest BCUT2D eigenvalue weighted by Crippen LogP contribution is 2.21. The van der Waals surface area contributed by atoms with E-state index in [1.165, 1.54) is 9.75 Å². The highest BCUT2D eigenvalue weighted by molar-refractivity contribution is 7.12. The lowest BCUT2D eigenvalue weighted by Crippen LogP contribution is -2.37. The molecule has 0 spiro atoms. The zero-order valence-electron chi connectivity index (χ0n) is 12.2. The Hall–Kier alpha value is -1.40. The van der Waals surface area contributed by atoms with E-state index >= 15 is 0 Å². The molecule has 110 valence electrons. The maximum absolute atomic E-state index is 11.6. The minimum absolute atomic E-state index is 0.146. The number of hydrogen-bond donors (Lipinski definition) is 2. The van der Waals surface area contributed by atoms with Gasteiger partial charge in [-0.15, -0.1) is 11.3 Å². The van der Waals surface area contributed by atoms with Gasteiger partial charge in [-0.05, 0) is 39.7 Å². The van der Waals surface area contributed by atoms with Crippen molar-refractivity contribution in [1.29, 1.82) is 0 Å². The van der Waals surface area contributed by atoms with Crippen molar-refractivity contribution in [3.8, 4) is 0 Å². The Morgan fingerprint density at radius 3 is 2.95 bits per heavy atom. The predicted molar refractivity (Wildman–Crippen MR) is 81.5 cm³/mol. The average molecular weight is 295 g/mol. The number of urea groups is 1.